The van der Waals surface area contributed by atoms with E-state index in [9.17, 15) is 14.7 Å². The van der Waals surface area contributed by atoms with Crippen LogP contribution in [0.5, 0.6) is 5.88 Å². The summed E-state index contributed by atoms with van der Waals surface area (Å²) in [5, 5.41) is 31.9. The van der Waals surface area contributed by atoms with Gasteiger partial charge in [0.2, 0.25) is 5.88 Å². The number of nitrogens with zero attached hydrogens (tertiary/aromatic N) is 3. The number of fused-ring (bicyclic) bond motifs is 1. The second-order valence-corrected chi connectivity index (χ2v) is 10.9. The zero-order valence-electron chi connectivity index (χ0n) is 22.1. The zero-order chi connectivity index (χ0) is 28.5. The zero-order valence-corrected chi connectivity index (χ0v) is 23.7. The number of aromatic nitrogens is 1. The Morgan fingerprint density at radius 1 is 1.02 bits per heavy atom. The monoisotopic (exact) mass is 578 g/mol. The highest BCUT2D eigenvalue weighted by atomic mass is 35.5. The number of amides is 2. The molecule has 10 heteroatoms. The Morgan fingerprint density at radius 2 is 1.82 bits per heavy atom. The number of benzene rings is 3. The second-order valence-electron chi connectivity index (χ2n) is 9.30. The number of nitrogens with one attached hydrogen (secondary N) is 1. The van der Waals surface area contributed by atoms with E-state index >= 15 is 0 Å². The summed E-state index contributed by atoms with van der Waals surface area (Å²) in [5.74, 6) is -0.0883. The van der Waals surface area contributed by atoms with Gasteiger partial charge in [-0.1, -0.05) is 54.7 Å². The van der Waals surface area contributed by atoms with Crippen LogP contribution in [0.15, 0.2) is 81.9 Å². The maximum absolute atomic E-state index is 12.4. The van der Waals surface area contributed by atoms with Crippen molar-refractivity contribution in [3.8, 4) is 5.88 Å². The number of carboxylic acids is 1. The Bertz CT molecular complexity index is 1520. The van der Waals surface area contributed by atoms with E-state index in [2.05, 4.69) is 22.5 Å². The highest BCUT2D eigenvalue weighted by Crippen LogP contribution is 2.41. The van der Waals surface area contributed by atoms with Crippen molar-refractivity contribution in [3.63, 3.8) is 0 Å². The number of halogens is 1. The molecular weight excluding hydrogens is 548 g/mol. The molecule has 0 aliphatic carbocycles. The van der Waals surface area contributed by atoms with Gasteiger partial charge in [0.1, 0.15) is 0 Å². The van der Waals surface area contributed by atoms with Crippen molar-refractivity contribution in [1.29, 1.82) is 0 Å². The third-order valence-corrected chi connectivity index (χ3v) is 7.68. The number of thioether (sulfide) groups is 1. The van der Waals surface area contributed by atoms with Crippen LogP contribution < -0.4 is 5.32 Å². The van der Waals surface area contributed by atoms with E-state index in [1.54, 1.807) is 48.2 Å². The molecule has 8 nitrogen and oxygen atoms in total. The molecule has 3 aromatic carbocycles. The fourth-order valence-corrected chi connectivity index (χ4v) is 5.41. The van der Waals surface area contributed by atoms with Crippen LogP contribution in [-0.2, 0) is 13.0 Å². The number of aromatic hydroxyl groups is 1. The van der Waals surface area contributed by atoms with Crippen molar-refractivity contribution in [2.75, 3.05) is 11.1 Å². The fourth-order valence-electron chi connectivity index (χ4n) is 4.33. The van der Waals surface area contributed by atoms with Gasteiger partial charge >= 0.3 is 12.0 Å². The molecule has 0 aliphatic rings. The highest BCUT2D eigenvalue weighted by Gasteiger charge is 2.18. The minimum absolute atomic E-state index is 0.0163. The Hall–Kier alpha value is -3.82. The Morgan fingerprint density at radius 3 is 2.55 bits per heavy atom. The summed E-state index contributed by atoms with van der Waals surface area (Å²) in [6.07, 6.45) is 4.74. The van der Waals surface area contributed by atoms with E-state index in [1.165, 1.54) is 0 Å². The number of urea groups is 1. The van der Waals surface area contributed by atoms with Crippen molar-refractivity contribution in [3.05, 3.63) is 82.9 Å². The number of carbonyl (C=O) groups is 2. The minimum atomic E-state index is -0.927. The number of carboxylic acid groups (broad SMARTS) is 1. The number of aromatic carboxylic acids is 1. The van der Waals surface area contributed by atoms with Crippen molar-refractivity contribution in [1.82, 2.24) is 4.57 Å². The molecular formula is C30H31ClN4O4S. The number of rotatable bonds is 12. The van der Waals surface area contributed by atoms with E-state index in [1.807, 2.05) is 34.9 Å². The van der Waals surface area contributed by atoms with Gasteiger partial charge in [0.25, 0.3) is 0 Å². The van der Waals surface area contributed by atoms with E-state index < -0.39 is 12.0 Å². The smallest absolute Gasteiger partial charge is 0.364 e. The number of carbonyl (C=O) groups excluding carboxylic acids is 1. The summed E-state index contributed by atoms with van der Waals surface area (Å²) in [6, 6.07) is 19.0. The van der Waals surface area contributed by atoms with E-state index in [4.69, 9.17) is 16.7 Å². The fraction of sp³-hybridized carbons (Fsp3) is 0.267. The van der Waals surface area contributed by atoms with Crippen LogP contribution in [0.3, 0.4) is 0 Å². The van der Waals surface area contributed by atoms with Crippen molar-refractivity contribution in [2.24, 2.45) is 10.2 Å². The van der Waals surface area contributed by atoms with Crippen molar-refractivity contribution < 1.29 is 19.8 Å². The van der Waals surface area contributed by atoms with Crippen LogP contribution in [0, 0.1) is 0 Å². The average molecular weight is 579 g/mol. The topological polar surface area (TPSA) is 116 Å². The van der Waals surface area contributed by atoms with Crippen molar-refractivity contribution in [2.45, 2.75) is 50.5 Å². The van der Waals surface area contributed by atoms with E-state index in [-0.39, 0.29) is 17.1 Å². The van der Waals surface area contributed by atoms with Gasteiger partial charge in [-0.25, -0.2) is 9.59 Å². The molecule has 0 radical (unpaired) electrons. The van der Waals surface area contributed by atoms with Gasteiger partial charge < -0.3 is 20.1 Å². The number of azo groups is 1. The summed E-state index contributed by atoms with van der Waals surface area (Å²) in [5.41, 5.74) is 2.97. The third-order valence-electron chi connectivity index (χ3n) is 6.36. The van der Waals surface area contributed by atoms with Crippen LogP contribution in [-0.4, -0.2) is 32.5 Å². The molecule has 0 bridgehead atoms. The molecule has 0 spiro atoms. The van der Waals surface area contributed by atoms with E-state index in [0.717, 1.165) is 59.2 Å². The maximum atomic E-state index is 12.4. The molecule has 0 saturated heterocycles. The van der Waals surface area contributed by atoms with Crippen LogP contribution in [0.2, 0.25) is 5.02 Å². The van der Waals surface area contributed by atoms with Gasteiger partial charge in [0, 0.05) is 27.5 Å². The molecule has 208 valence electrons. The standard InChI is InChI=1S/C30H31ClN4O4S/c1-2-3-4-16-35-26-15-14-24(40-17-6-7-20-10-12-21(13-11-20)29(37)38)19-25(26)27(28(35)36)33-34-30(39)32-23-9-5-8-22(31)18-23/h5,8-15,18-19,36H,2-4,6-7,16-17H2,1H3,(H,32,39)(H,37,38). The SMILES string of the molecule is CCCCCn1c(O)c(N=NC(=O)Nc2cccc(Cl)c2)c2cc(SCCCc3ccc(C(=O)O)cc3)ccc21. The first-order valence-corrected chi connectivity index (χ1v) is 14.5. The molecule has 3 N–H and O–H groups in total. The molecule has 4 aromatic rings. The highest BCUT2D eigenvalue weighted by molar-refractivity contribution is 7.99. The van der Waals surface area contributed by atoms with Gasteiger partial charge in [-0.3, -0.25) is 0 Å². The number of aryl methyl sites for hydroxylation is 2. The first-order valence-electron chi connectivity index (χ1n) is 13.1. The molecule has 40 heavy (non-hydrogen) atoms. The predicted molar refractivity (Wildman–Crippen MR) is 161 cm³/mol. The molecule has 0 aliphatic heterocycles. The van der Waals surface area contributed by atoms with Gasteiger partial charge in [-0.2, -0.15) is 0 Å². The number of hydrogen-bond donors (Lipinski definition) is 3. The lowest BCUT2D eigenvalue weighted by molar-refractivity contribution is 0.0697. The predicted octanol–water partition coefficient (Wildman–Crippen LogP) is 8.93. The lowest BCUT2D eigenvalue weighted by Crippen LogP contribution is -2.04. The molecule has 0 saturated carbocycles. The Labute approximate surface area is 242 Å². The maximum Gasteiger partial charge on any atom is 0.364 e. The third kappa shape index (κ3) is 7.64. The number of hydrogen-bond acceptors (Lipinski definition) is 5. The number of unbranched alkanes of at least 4 members (excludes halogenated alkanes) is 2. The summed E-state index contributed by atoms with van der Waals surface area (Å²) < 4.78 is 1.82. The lowest BCUT2D eigenvalue weighted by atomic mass is 10.1. The average Bonchev–Trinajstić information content (AvgIpc) is 3.20. The minimum Gasteiger partial charge on any atom is -0.493 e. The van der Waals surface area contributed by atoms with Crippen LogP contribution in [0.4, 0.5) is 16.2 Å². The Balaban J connectivity index is 1.49. The summed E-state index contributed by atoms with van der Waals surface area (Å²) in [6.45, 7) is 2.76. The first-order chi connectivity index (χ1) is 19.4. The number of anilines is 1. The van der Waals surface area contributed by atoms with Gasteiger partial charge in [0.05, 0.1) is 11.1 Å². The largest absolute Gasteiger partial charge is 0.493 e. The van der Waals surface area contributed by atoms with Gasteiger partial charge in [0.15, 0.2) is 5.69 Å². The lowest BCUT2D eigenvalue weighted by Gasteiger charge is -2.07. The summed E-state index contributed by atoms with van der Waals surface area (Å²) in [4.78, 5) is 24.5. The summed E-state index contributed by atoms with van der Waals surface area (Å²) in [7, 11) is 0. The van der Waals surface area contributed by atoms with Crippen LogP contribution in [0.25, 0.3) is 10.9 Å². The second kappa shape index (κ2) is 14.0. The first kappa shape index (κ1) is 29.2. The molecule has 1 aromatic heterocycles. The van der Waals surface area contributed by atoms with Gasteiger partial charge in [-0.15, -0.1) is 16.9 Å². The molecule has 1 heterocycles. The van der Waals surface area contributed by atoms with Gasteiger partial charge in [-0.05, 0) is 79.1 Å². The normalized spacial score (nSPS) is 11.3. The molecule has 4 rings (SSSR count). The van der Waals surface area contributed by atoms with Crippen molar-refractivity contribution >= 4 is 57.6 Å². The molecule has 0 atom stereocenters. The summed E-state index contributed by atoms with van der Waals surface area (Å²) >= 11 is 7.67. The molecule has 0 unspecified atom stereocenters. The quantitative estimate of drug-likeness (QED) is 0.0881. The molecule has 2 amide bonds. The van der Waals surface area contributed by atoms with Crippen LogP contribution >= 0.6 is 23.4 Å². The van der Waals surface area contributed by atoms with Crippen LogP contribution in [0.1, 0.15) is 48.5 Å². The van der Waals surface area contributed by atoms with E-state index in [0.29, 0.717) is 17.3 Å². The molecule has 0 fully saturated rings. The Kier molecular flexibility index (Phi) is 10.2.